The van der Waals surface area contributed by atoms with Crippen LogP contribution in [0, 0.1) is 17.0 Å². The van der Waals surface area contributed by atoms with Crippen molar-refractivity contribution < 1.29 is 23.2 Å². The third-order valence-corrected chi connectivity index (χ3v) is 3.93. The van der Waals surface area contributed by atoms with Gasteiger partial charge in [-0.05, 0) is 19.9 Å². The standard InChI is InChI=1S/C10H12N2O6S/c1-6-3-4-8(5-9(6)12(15)16)19(17,18)11-7(2)10(13)14/h3-5,7,11H,1-2H3,(H,13,14). The molecule has 0 heterocycles. The van der Waals surface area contributed by atoms with Gasteiger partial charge in [0.2, 0.25) is 10.0 Å². The van der Waals surface area contributed by atoms with Crippen LogP contribution < -0.4 is 4.72 Å². The molecule has 1 unspecified atom stereocenters. The van der Waals surface area contributed by atoms with E-state index >= 15 is 0 Å². The van der Waals surface area contributed by atoms with Crippen molar-refractivity contribution in [1.29, 1.82) is 0 Å². The summed E-state index contributed by atoms with van der Waals surface area (Å²) in [5, 5.41) is 19.4. The molecule has 0 aliphatic heterocycles. The molecular weight excluding hydrogens is 276 g/mol. The summed E-state index contributed by atoms with van der Waals surface area (Å²) in [5.74, 6) is -1.34. The van der Waals surface area contributed by atoms with Gasteiger partial charge < -0.3 is 5.11 Å². The summed E-state index contributed by atoms with van der Waals surface area (Å²) in [5.41, 5.74) is -0.0268. The largest absolute Gasteiger partial charge is 0.480 e. The molecule has 0 aliphatic rings. The number of carboxylic acids is 1. The second-order valence-corrected chi connectivity index (χ2v) is 5.60. The summed E-state index contributed by atoms with van der Waals surface area (Å²) in [6.45, 7) is 2.63. The zero-order valence-corrected chi connectivity index (χ0v) is 11.0. The Labute approximate surface area is 109 Å². The van der Waals surface area contributed by atoms with Crippen molar-refractivity contribution in [3.05, 3.63) is 33.9 Å². The number of aryl methyl sites for hydroxylation is 1. The summed E-state index contributed by atoms with van der Waals surface area (Å²) in [7, 11) is -4.11. The Bertz CT molecular complexity index is 625. The smallest absolute Gasteiger partial charge is 0.321 e. The number of hydrogen-bond acceptors (Lipinski definition) is 5. The molecule has 104 valence electrons. The molecule has 0 aromatic heterocycles. The normalized spacial score (nSPS) is 12.9. The van der Waals surface area contributed by atoms with Crippen LogP contribution in [-0.4, -0.2) is 30.5 Å². The monoisotopic (exact) mass is 288 g/mol. The van der Waals surface area contributed by atoms with E-state index in [0.29, 0.717) is 5.56 Å². The van der Waals surface area contributed by atoms with Gasteiger partial charge in [0, 0.05) is 11.6 Å². The molecule has 9 heteroatoms. The van der Waals surface area contributed by atoms with E-state index in [9.17, 15) is 23.3 Å². The number of carbonyl (C=O) groups is 1. The Hall–Kier alpha value is -2.00. The van der Waals surface area contributed by atoms with Crippen LogP contribution in [0.3, 0.4) is 0 Å². The van der Waals surface area contributed by atoms with Crippen LogP contribution in [-0.2, 0) is 14.8 Å². The van der Waals surface area contributed by atoms with Gasteiger partial charge in [-0.15, -0.1) is 0 Å². The first kappa shape index (κ1) is 15.1. The van der Waals surface area contributed by atoms with E-state index in [-0.39, 0.29) is 10.6 Å². The fraction of sp³-hybridized carbons (Fsp3) is 0.300. The second kappa shape index (κ2) is 5.33. The maximum atomic E-state index is 11.8. The maximum Gasteiger partial charge on any atom is 0.321 e. The van der Waals surface area contributed by atoms with Crippen LogP contribution in [0.15, 0.2) is 23.1 Å². The highest BCUT2D eigenvalue weighted by molar-refractivity contribution is 7.89. The minimum atomic E-state index is -4.11. The van der Waals surface area contributed by atoms with Crippen molar-refractivity contribution in [3.8, 4) is 0 Å². The van der Waals surface area contributed by atoms with Crippen molar-refractivity contribution in [2.45, 2.75) is 24.8 Å². The molecule has 0 amide bonds. The van der Waals surface area contributed by atoms with Gasteiger partial charge in [0.25, 0.3) is 5.69 Å². The Balaban J connectivity index is 3.19. The fourth-order valence-corrected chi connectivity index (χ4v) is 2.52. The van der Waals surface area contributed by atoms with Crippen LogP contribution in [0.5, 0.6) is 0 Å². The molecular formula is C10H12N2O6S. The zero-order valence-electron chi connectivity index (χ0n) is 10.2. The molecule has 0 bridgehead atoms. The Kier molecular flexibility index (Phi) is 4.22. The molecule has 0 aliphatic carbocycles. The summed E-state index contributed by atoms with van der Waals surface area (Å²) < 4.78 is 25.6. The number of hydrogen-bond donors (Lipinski definition) is 2. The first-order chi connectivity index (χ1) is 8.65. The lowest BCUT2D eigenvalue weighted by Crippen LogP contribution is -2.38. The molecule has 0 radical (unpaired) electrons. The number of sulfonamides is 1. The van der Waals surface area contributed by atoms with E-state index in [0.717, 1.165) is 13.0 Å². The van der Waals surface area contributed by atoms with Crippen molar-refractivity contribution in [2.24, 2.45) is 0 Å². The van der Waals surface area contributed by atoms with Gasteiger partial charge in [0.15, 0.2) is 0 Å². The molecule has 1 aromatic carbocycles. The van der Waals surface area contributed by atoms with E-state index in [2.05, 4.69) is 0 Å². The molecule has 0 saturated carbocycles. The minimum absolute atomic E-state index is 0.315. The van der Waals surface area contributed by atoms with E-state index in [1.807, 2.05) is 4.72 Å². The highest BCUT2D eigenvalue weighted by atomic mass is 32.2. The lowest BCUT2D eigenvalue weighted by Gasteiger charge is -2.10. The molecule has 8 nitrogen and oxygen atoms in total. The third-order valence-electron chi connectivity index (χ3n) is 2.39. The topological polar surface area (TPSA) is 127 Å². The van der Waals surface area contributed by atoms with Crippen molar-refractivity contribution >= 4 is 21.7 Å². The lowest BCUT2D eigenvalue weighted by molar-refractivity contribution is -0.385. The highest BCUT2D eigenvalue weighted by Gasteiger charge is 2.24. The summed E-state index contributed by atoms with van der Waals surface area (Å²) in [6, 6.07) is 2.04. The average Bonchev–Trinajstić information content (AvgIpc) is 2.27. The SMILES string of the molecule is Cc1ccc(S(=O)(=O)NC(C)C(=O)O)cc1[N+](=O)[O-]. The van der Waals surface area contributed by atoms with Crippen LogP contribution in [0.4, 0.5) is 5.69 Å². The van der Waals surface area contributed by atoms with Crippen LogP contribution in [0.25, 0.3) is 0 Å². The summed E-state index contributed by atoms with van der Waals surface area (Å²) in [6.07, 6.45) is 0. The van der Waals surface area contributed by atoms with Gasteiger partial charge in [-0.1, -0.05) is 6.07 Å². The van der Waals surface area contributed by atoms with E-state index < -0.39 is 27.0 Å². The first-order valence-electron chi connectivity index (χ1n) is 5.15. The summed E-state index contributed by atoms with van der Waals surface area (Å²) >= 11 is 0. The molecule has 0 saturated heterocycles. The van der Waals surface area contributed by atoms with E-state index in [4.69, 9.17) is 5.11 Å². The molecule has 1 atom stereocenters. The Morgan fingerprint density at radius 1 is 1.47 bits per heavy atom. The fourth-order valence-electron chi connectivity index (χ4n) is 1.30. The van der Waals surface area contributed by atoms with Gasteiger partial charge in [0.1, 0.15) is 6.04 Å². The zero-order chi connectivity index (χ0) is 14.8. The number of nitrogens with one attached hydrogen (secondary N) is 1. The van der Waals surface area contributed by atoms with Gasteiger partial charge >= 0.3 is 5.97 Å². The number of nitro benzene ring substituents is 1. The van der Waals surface area contributed by atoms with Gasteiger partial charge in [-0.3, -0.25) is 14.9 Å². The van der Waals surface area contributed by atoms with E-state index in [1.54, 1.807) is 0 Å². The average molecular weight is 288 g/mol. The van der Waals surface area contributed by atoms with Crippen LogP contribution in [0.2, 0.25) is 0 Å². The highest BCUT2D eigenvalue weighted by Crippen LogP contribution is 2.22. The predicted octanol–water partition coefficient (Wildman–Crippen LogP) is 0.655. The molecule has 19 heavy (non-hydrogen) atoms. The molecule has 0 spiro atoms. The van der Waals surface area contributed by atoms with Crippen molar-refractivity contribution in [3.63, 3.8) is 0 Å². The predicted molar refractivity (Wildman–Crippen MR) is 65.3 cm³/mol. The molecule has 0 fully saturated rings. The number of nitro groups is 1. The molecule has 1 aromatic rings. The first-order valence-corrected chi connectivity index (χ1v) is 6.63. The number of aliphatic carboxylic acids is 1. The minimum Gasteiger partial charge on any atom is -0.480 e. The number of carboxylic acid groups (broad SMARTS) is 1. The van der Waals surface area contributed by atoms with Crippen LogP contribution in [0.1, 0.15) is 12.5 Å². The molecule has 2 N–H and O–H groups in total. The van der Waals surface area contributed by atoms with Crippen LogP contribution >= 0.6 is 0 Å². The van der Waals surface area contributed by atoms with Gasteiger partial charge in [0.05, 0.1) is 9.82 Å². The van der Waals surface area contributed by atoms with Crippen molar-refractivity contribution in [1.82, 2.24) is 4.72 Å². The Morgan fingerprint density at radius 2 is 2.05 bits per heavy atom. The summed E-state index contributed by atoms with van der Waals surface area (Å²) in [4.78, 5) is 20.3. The molecule has 1 rings (SSSR count). The quantitative estimate of drug-likeness (QED) is 0.605. The maximum absolute atomic E-state index is 11.8. The van der Waals surface area contributed by atoms with Gasteiger partial charge in [-0.25, -0.2) is 8.42 Å². The Morgan fingerprint density at radius 3 is 2.53 bits per heavy atom. The number of benzene rings is 1. The van der Waals surface area contributed by atoms with Crippen molar-refractivity contribution in [2.75, 3.05) is 0 Å². The number of nitrogens with zero attached hydrogens (tertiary/aromatic N) is 1. The lowest BCUT2D eigenvalue weighted by atomic mass is 10.2. The third kappa shape index (κ3) is 3.48. The van der Waals surface area contributed by atoms with Gasteiger partial charge in [-0.2, -0.15) is 4.72 Å². The number of rotatable bonds is 5. The second-order valence-electron chi connectivity index (χ2n) is 3.89. The van der Waals surface area contributed by atoms with E-state index in [1.165, 1.54) is 19.1 Å².